The van der Waals surface area contributed by atoms with Gasteiger partial charge in [-0.1, -0.05) is 44.1 Å². The Hall–Kier alpha value is -1.90. The van der Waals surface area contributed by atoms with Crippen molar-refractivity contribution in [3.8, 4) is 0 Å². The summed E-state index contributed by atoms with van der Waals surface area (Å²) < 4.78 is 17.5. The van der Waals surface area contributed by atoms with E-state index in [2.05, 4.69) is 11.7 Å². The number of rotatable bonds is 7. The highest BCUT2D eigenvalue weighted by molar-refractivity contribution is 5.82. The van der Waals surface area contributed by atoms with Crippen LogP contribution in [0.5, 0.6) is 0 Å². The van der Waals surface area contributed by atoms with Crippen molar-refractivity contribution in [3.05, 3.63) is 53.4 Å². The predicted molar refractivity (Wildman–Crippen MR) is 79.7 cm³/mol. The fourth-order valence-electron chi connectivity index (χ4n) is 1.80. The lowest BCUT2D eigenvalue weighted by molar-refractivity contribution is -0.134. The second-order valence-corrected chi connectivity index (χ2v) is 4.58. The quantitative estimate of drug-likeness (QED) is 0.317. The minimum absolute atomic E-state index is 0.250. The third kappa shape index (κ3) is 6.32. The van der Waals surface area contributed by atoms with E-state index in [1.54, 1.807) is 18.2 Å². The van der Waals surface area contributed by atoms with Crippen LogP contribution in [0.3, 0.4) is 0 Å². The zero-order chi connectivity index (χ0) is 14.8. The van der Waals surface area contributed by atoms with Gasteiger partial charge in [0.2, 0.25) is 0 Å². The summed E-state index contributed by atoms with van der Waals surface area (Å²) in [6.45, 7) is 2.15. The zero-order valence-electron chi connectivity index (χ0n) is 12.1. The average molecular weight is 276 g/mol. The first-order valence-electron chi connectivity index (χ1n) is 6.88. The number of carbonyl (C=O) groups is 1. The van der Waals surface area contributed by atoms with Gasteiger partial charge in [-0.2, -0.15) is 0 Å². The Morgan fingerprint density at radius 1 is 1.20 bits per heavy atom. The average Bonchev–Trinajstić information content (AvgIpc) is 2.46. The third-order valence-electron chi connectivity index (χ3n) is 2.93. The molecule has 0 heterocycles. The molecule has 1 aromatic carbocycles. The number of carbonyl (C=O) groups excluding carboxylic acids is 1. The van der Waals surface area contributed by atoms with Gasteiger partial charge >= 0.3 is 5.97 Å². The Bertz CT molecular complexity index is 472. The van der Waals surface area contributed by atoms with Crippen molar-refractivity contribution >= 4 is 12.0 Å². The van der Waals surface area contributed by atoms with E-state index in [0.717, 1.165) is 36.8 Å². The summed E-state index contributed by atoms with van der Waals surface area (Å²) in [7, 11) is 1.35. The maximum Gasteiger partial charge on any atom is 0.330 e. The molecule has 0 aliphatic rings. The molecule has 20 heavy (non-hydrogen) atoms. The first-order chi connectivity index (χ1) is 9.65. The van der Waals surface area contributed by atoms with Crippen molar-refractivity contribution in [1.82, 2.24) is 0 Å². The number of ether oxygens (including phenoxy) is 1. The predicted octanol–water partition coefficient (Wildman–Crippen LogP) is 4.52. The summed E-state index contributed by atoms with van der Waals surface area (Å²) in [6.07, 6.45) is 9.39. The molecule has 0 aliphatic carbocycles. The Labute approximate surface area is 120 Å². The number of allylic oxidation sites excluding steroid dienone is 2. The van der Waals surface area contributed by atoms with Crippen LogP contribution < -0.4 is 0 Å². The zero-order valence-corrected chi connectivity index (χ0v) is 12.1. The maximum atomic E-state index is 12.9. The molecular formula is C17H21FO2. The van der Waals surface area contributed by atoms with Crippen molar-refractivity contribution in [1.29, 1.82) is 0 Å². The molecule has 0 bridgehead atoms. The molecule has 0 N–H and O–H groups in total. The molecule has 3 heteroatoms. The lowest BCUT2D eigenvalue weighted by atomic mass is 10.0. The van der Waals surface area contributed by atoms with Crippen LogP contribution >= 0.6 is 0 Å². The molecule has 0 aromatic heterocycles. The Balaban J connectivity index is 2.82. The molecular weight excluding hydrogens is 255 g/mol. The van der Waals surface area contributed by atoms with Gasteiger partial charge in [0.25, 0.3) is 0 Å². The minimum atomic E-state index is -0.370. The van der Waals surface area contributed by atoms with Gasteiger partial charge in [0.05, 0.1) is 7.11 Å². The van der Waals surface area contributed by atoms with Crippen molar-refractivity contribution in [2.75, 3.05) is 7.11 Å². The van der Waals surface area contributed by atoms with Gasteiger partial charge < -0.3 is 4.74 Å². The van der Waals surface area contributed by atoms with Crippen LogP contribution in [0.25, 0.3) is 6.08 Å². The van der Waals surface area contributed by atoms with Gasteiger partial charge in [-0.15, -0.1) is 0 Å². The van der Waals surface area contributed by atoms with Gasteiger partial charge in [0.15, 0.2) is 0 Å². The molecule has 0 fully saturated rings. The summed E-state index contributed by atoms with van der Waals surface area (Å²) in [4.78, 5) is 11.2. The van der Waals surface area contributed by atoms with E-state index in [1.165, 1.54) is 25.3 Å². The van der Waals surface area contributed by atoms with Crippen LogP contribution in [0, 0.1) is 5.82 Å². The molecule has 0 aliphatic heterocycles. The number of benzene rings is 1. The van der Waals surface area contributed by atoms with E-state index in [0.29, 0.717) is 0 Å². The van der Waals surface area contributed by atoms with Gasteiger partial charge in [-0.05, 0) is 36.1 Å². The number of hydrogen-bond acceptors (Lipinski definition) is 2. The molecule has 108 valence electrons. The molecule has 0 unspecified atom stereocenters. The molecule has 2 nitrogen and oxygen atoms in total. The van der Waals surface area contributed by atoms with Crippen LogP contribution in [0.4, 0.5) is 4.39 Å². The van der Waals surface area contributed by atoms with Gasteiger partial charge in [-0.25, -0.2) is 9.18 Å². The van der Waals surface area contributed by atoms with Crippen LogP contribution in [0.2, 0.25) is 0 Å². The summed E-state index contributed by atoms with van der Waals surface area (Å²) in [5, 5.41) is 0. The first kappa shape index (κ1) is 16.2. The topological polar surface area (TPSA) is 26.3 Å². The molecule has 1 rings (SSSR count). The Morgan fingerprint density at radius 3 is 2.50 bits per heavy atom. The fraction of sp³-hybridized carbons (Fsp3) is 0.353. The van der Waals surface area contributed by atoms with E-state index in [1.807, 2.05) is 6.08 Å². The van der Waals surface area contributed by atoms with Crippen LogP contribution in [0.1, 0.15) is 38.2 Å². The van der Waals surface area contributed by atoms with Crippen LogP contribution in [0.15, 0.2) is 42.0 Å². The summed E-state index contributed by atoms with van der Waals surface area (Å²) in [5.74, 6) is -0.620. The molecule has 0 amide bonds. The van der Waals surface area contributed by atoms with Crippen molar-refractivity contribution in [2.45, 2.75) is 32.6 Å². The Kier molecular flexibility index (Phi) is 7.33. The first-order valence-corrected chi connectivity index (χ1v) is 6.88. The van der Waals surface area contributed by atoms with E-state index in [-0.39, 0.29) is 11.8 Å². The summed E-state index contributed by atoms with van der Waals surface area (Å²) in [5.41, 5.74) is 1.96. The van der Waals surface area contributed by atoms with Crippen LogP contribution in [-0.2, 0) is 9.53 Å². The lowest BCUT2D eigenvalue weighted by Crippen LogP contribution is -1.94. The molecule has 0 saturated carbocycles. The highest BCUT2D eigenvalue weighted by Crippen LogP contribution is 2.15. The standard InChI is InChI=1S/C17H21FO2/c1-3-4-5-6-14(9-12-17(19)20-2)13-15-7-10-16(18)11-8-15/h7-13H,3-6H2,1-2H3/b12-9+,14-13+. The monoisotopic (exact) mass is 276 g/mol. The van der Waals surface area contributed by atoms with Crippen molar-refractivity contribution < 1.29 is 13.9 Å². The van der Waals surface area contributed by atoms with Gasteiger partial charge in [-0.3, -0.25) is 0 Å². The lowest BCUT2D eigenvalue weighted by Gasteiger charge is -2.03. The molecule has 0 spiro atoms. The second-order valence-electron chi connectivity index (χ2n) is 4.58. The molecule has 0 radical (unpaired) electrons. The minimum Gasteiger partial charge on any atom is -0.466 e. The summed E-state index contributed by atoms with van der Waals surface area (Å²) >= 11 is 0. The van der Waals surface area contributed by atoms with Gasteiger partial charge in [0.1, 0.15) is 5.82 Å². The highest BCUT2D eigenvalue weighted by atomic mass is 19.1. The molecule has 0 atom stereocenters. The van der Waals surface area contributed by atoms with E-state index >= 15 is 0 Å². The highest BCUT2D eigenvalue weighted by Gasteiger charge is 1.98. The van der Waals surface area contributed by atoms with E-state index < -0.39 is 0 Å². The maximum absolute atomic E-state index is 12.9. The fourth-order valence-corrected chi connectivity index (χ4v) is 1.80. The number of unbranched alkanes of at least 4 members (excludes halogenated alkanes) is 2. The van der Waals surface area contributed by atoms with Crippen LogP contribution in [-0.4, -0.2) is 13.1 Å². The van der Waals surface area contributed by atoms with Crippen molar-refractivity contribution in [2.24, 2.45) is 0 Å². The van der Waals surface area contributed by atoms with Crippen molar-refractivity contribution in [3.63, 3.8) is 0 Å². The number of methoxy groups -OCH3 is 1. The third-order valence-corrected chi connectivity index (χ3v) is 2.93. The molecule has 1 aromatic rings. The smallest absolute Gasteiger partial charge is 0.330 e. The SMILES string of the molecule is CCCCCC(/C=C/C(=O)OC)=C\c1ccc(F)cc1. The normalized spacial score (nSPS) is 11.8. The van der Waals surface area contributed by atoms with E-state index in [4.69, 9.17) is 0 Å². The molecule has 0 saturated heterocycles. The van der Waals surface area contributed by atoms with E-state index in [9.17, 15) is 9.18 Å². The second kappa shape index (κ2) is 9.08. The number of esters is 1. The Morgan fingerprint density at radius 2 is 1.90 bits per heavy atom. The number of halogens is 1. The summed E-state index contributed by atoms with van der Waals surface area (Å²) in [6, 6.07) is 6.31. The van der Waals surface area contributed by atoms with Gasteiger partial charge in [0, 0.05) is 6.08 Å². The largest absolute Gasteiger partial charge is 0.466 e. The number of hydrogen-bond donors (Lipinski definition) is 0.